The lowest BCUT2D eigenvalue weighted by molar-refractivity contribution is -0.138. The zero-order valence-corrected chi connectivity index (χ0v) is 26.9. The van der Waals surface area contributed by atoms with Crippen LogP contribution in [0, 0.1) is 5.92 Å². The Morgan fingerprint density at radius 1 is 1.00 bits per heavy atom. The maximum Gasteiger partial charge on any atom is 0.241 e. The zero-order chi connectivity index (χ0) is 30.1. The minimum atomic E-state index is -0.110. The summed E-state index contributed by atoms with van der Waals surface area (Å²) < 4.78 is 6.05. The van der Waals surface area contributed by atoms with Gasteiger partial charge in [-0.05, 0) is 89.1 Å². The van der Waals surface area contributed by atoms with Gasteiger partial charge in [-0.1, -0.05) is 55.8 Å². The Labute approximate surface area is 255 Å². The average Bonchev–Trinajstić information content (AvgIpc) is 2.99. The SMILES string of the molecule is CC(C)=CCN(c1ccc(OCc2ccccc2)cc1)C1CCN(C(=O)C2NCCN(C(C)C)C2CCC(C)C)CC1. The molecule has 2 fully saturated rings. The maximum atomic E-state index is 13.9. The molecule has 2 aromatic rings. The van der Waals surface area contributed by atoms with Crippen molar-refractivity contribution in [3.63, 3.8) is 0 Å². The summed E-state index contributed by atoms with van der Waals surface area (Å²) in [5.41, 5.74) is 3.69. The van der Waals surface area contributed by atoms with Gasteiger partial charge in [0.05, 0.1) is 0 Å². The van der Waals surface area contributed by atoms with E-state index >= 15 is 0 Å². The fourth-order valence-corrected chi connectivity index (χ4v) is 6.39. The number of likely N-dealkylation sites (tertiary alicyclic amines) is 1. The van der Waals surface area contributed by atoms with Crippen LogP contribution >= 0.6 is 0 Å². The van der Waals surface area contributed by atoms with Crippen LogP contribution in [-0.4, -0.2) is 72.6 Å². The number of amides is 1. The van der Waals surface area contributed by atoms with E-state index < -0.39 is 0 Å². The van der Waals surface area contributed by atoms with Crippen LogP contribution in [0.1, 0.15) is 72.8 Å². The number of hydrogen-bond donors (Lipinski definition) is 1. The second-order valence-corrected chi connectivity index (χ2v) is 13.1. The van der Waals surface area contributed by atoms with Crippen molar-refractivity contribution < 1.29 is 9.53 Å². The van der Waals surface area contributed by atoms with Crippen LogP contribution in [-0.2, 0) is 11.4 Å². The molecule has 2 aliphatic heterocycles. The molecule has 0 saturated carbocycles. The highest BCUT2D eigenvalue weighted by Gasteiger charge is 2.39. The molecule has 6 heteroatoms. The number of hydrogen-bond acceptors (Lipinski definition) is 5. The quantitative estimate of drug-likeness (QED) is 0.293. The van der Waals surface area contributed by atoms with E-state index in [0.29, 0.717) is 30.5 Å². The molecule has 6 nitrogen and oxygen atoms in total. The van der Waals surface area contributed by atoms with Crippen molar-refractivity contribution in [3.05, 3.63) is 71.8 Å². The molecule has 2 heterocycles. The molecule has 2 unspecified atom stereocenters. The Morgan fingerprint density at radius 3 is 2.31 bits per heavy atom. The normalized spacial score (nSPS) is 20.1. The van der Waals surface area contributed by atoms with E-state index in [4.69, 9.17) is 4.74 Å². The third-order valence-corrected chi connectivity index (χ3v) is 8.84. The molecule has 0 radical (unpaired) electrons. The number of carbonyl (C=O) groups excluding carboxylic acids is 1. The van der Waals surface area contributed by atoms with Gasteiger partial charge in [0.15, 0.2) is 0 Å². The van der Waals surface area contributed by atoms with Crippen LogP contribution in [0.5, 0.6) is 5.75 Å². The number of allylic oxidation sites excluding steroid dienone is 1. The predicted molar refractivity (Wildman–Crippen MR) is 175 cm³/mol. The van der Waals surface area contributed by atoms with E-state index in [1.807, 2.05) is 18.2 Å². The molecule has 42 heavy (non-hydrogen) atoms. The summed E-state index contributed by atoms with van der Waals surface area (Å²) in [7, 11) is 0. The first-order valence-corrected chi connectivity index (χ1v) is 16.2. The van der Waals surface area contributed by atoms with Crippen LogP contribution in [0.2, 0.25) is 0 Å². The minimum Gasteiger partial charge on any atom is -0.489 e. The zero-order valence-electron chi connectivity index (χ0n) is 26.9. The summed E-state index contributed by atoms with van der Waals surface area (Å²) >= 11 is 0. The van der Waals surface area contributed by atoms with Crippen molar-refractivity contribution in [3.8, 4) is 5.75 Å². The van der Waals surface area contributed by atoms with Crippen molar-refractivity contribution in [2.24, 2.45) is 5.92 Å². The van der Waals surface area contributed by atoms with Gasteiger partial charge in [0.2, 0.25) is 5.91 Å². The fraction of sp³-hybridized carbons (Fsp3) is 0.583. The van der Waals surface area contributed by atoms with Crippen molar-refractivity contribution in [1.82, 2.24) is 15.1 Å². The van der Waals surface area contributed by atoms with Gasteiger partial charge in [0, 0.05) is 56.5 Å². The number of nitrogens with zero attached hydrogens (tertiary/aromatic N) is 3. The van der Waals surface area contributed by atoms with Gasteiger partial charge >= 0.3 is 0 Å². The van der Waals surface area contributed by atoms with E-state index in [-0.39, 0.29) is 12.1 Å². The first kappa shape index (κ1) is 32.1. The van der Waals surface area contributed by atoms with Crippen LogP contribution in [0.3, 0.4) is 0 Å². The van der Waals surface area contributed by atoms with Crippen LogP contribution in [0.4, 0.5) is 5.69 Å². The summed E-state index contributed by atoms with van der Waals surface area (Å²) in [5.74, 6) is 1.82. The van der Waals surface area contributed by atoms with Gasteiger partial charge in [-0.25, -0.2) is 0 Å². The lowest BCUT2D eigenvalue weighted by atomic mass is 9.92. The lowest BCUT2D eigenvalue weighted by Crippen LogP contribution is -2.65. The van der Waals surface area contributed by atoms with Crippen LogP contribution < -0.4 is 15.0 Å². The molecule has 0 aliphatic carbocycles. The number of rotatable bonds is 12. The molecule has 0 aromatic heterocycles. The largest absolute Gasteiger partial charge is 0.489 e. The molecule has 2 aromatic carbocycles. The molecular formula is C36H54N4O2. The molecular weight excluding hydrogens is 520 g/mol. The van der Waals surface area contributed by atoms with E-state index in [0.717, 1.165) is 64.2 Å². The van der Waals surface area contributed by atoms with E-state index in [2.05, 4.69) is 104 Å². The standard InChI is InChI=1S/C36H54N4O2/c1-27(2)12-17-34-35(37-21-25-39(34)29(5)6)36(41)38-22-19-32(20-23-38)40(24-18-28(3)4)31-13-15-33(16-14-31)42-26-30-10-8-7-9-11-30/h7-11,13-16,18,27,29,32,34-35,37H,12,17,19-26H2,1-6H3. The molecule has 2 atom stereocenters. The van der Waals surface area contributed by atoms with Gasteiger partial charge < -0.3 is 19.9 Å². The first-order valence-electron chi connectivity index (χ1n) is 16.2. The lowest BCUT2D eigenvalue weighted by Gasteiger charge is -2.46. The Morgan fingerprint density at radius 2 is 1.69 bits per heavy atom. The molecule has 230 valence electrons. The summed E-state index contributed by atoms with van der Waals surface area (Å²) in [6.07, 6.45) is 6.48. The summed E-state index contributed by atoms with van der Waals surface area (Å²) in [6, 6.07) is 19.8. The molecule has 0 spiro atoms. The van der Waals surface area contributed by atoms with E-state index in [9.17, 15) is 4.79 Å². The summed E-state index contributed by atoms with van der Waals surface area (Å²) in [6.45, 7) is 18.4. The molecule has 1 amide bonds. The fourth-order valence-electron chi connectivity index (χ4n) is 6.39. The Bertz CT molecular complexity index is 1120. The van der Waals surface area contributed by atoms with Crippen LogP contribution in [0.25, 0.3) is 0 Å². The Kier molecular flexibility index (Phi) is 11.9. The first-order chi connectivity index (χ1) is 20.2. The Hall–Kier alpha value is -2.83. The van der Waals surface area contributed by atoms with Gasteiger partial charge in [0.25, 0.3) is 0 Å². The van der Waals surface area contributed by atoms with Gasteiger partial charge in [-0.15, -0.1) is 0 Å². The Balaban J connectivity index is 1.40. The topological polar surface area (TPSA) is 48.1 Å². The van der Waals surface area contributed by atoms with Crippen molar-refractivity contribution in [1.29, 1.82) is 0 Å². The van der Waals surface area contributed by atoms with Crippen molar-refractivity contribution >= 4 is 11.6 Å². The molecule has 1 N–H and O–H groups in total. The third kappa shape index (κ3) is 8.84. The van der Waals surface area contributed by atoms with Gasteiger partial charge in [0.1, 0.15) is 18.4 Å². The average molecular weight is 575 g/mol. The number of nitrogens with one attached hydrogen (secondary N) is 1. The molecule has 4 rings (SSSR count). The number of carbonyl (C=O) groups is 1. The molecule has 2 saturated heterocycles. The van der Waals surface area contributed by atoms with Crippen LogP contribution in [0.15, 0.2) is 66.2 Å². The monoisotopic (exact) mass is 574 g/mol. The smallest absolute Gasteiger partial charge is 0.241 e. The number of ether oxygens (including phenoxy) is 1. The number of benzene rings is 2. The van der Waals surface area contributed by atoms with Gasteiger partial charge in [-0.3, -0.25) is 9.69 Å². The van der Waals surface area contributed by atoms with E-state index in [1.54, 1.807) is 0 Å². The number of piperidine rings is 1. The highest BCUT2D eigenvalue weighted by atomic mass is 16.5. The summed E-state index contributed by atoms with van der Waals surface area (Å²) in [5, 5.41) is 3.63. The third-order valence-electron chi connectivity index (χ3n) is 8.84. The highest BCUT2D eigenvalue weighted by Crippen LogP contribution is 2.28. The maximum absolute atomic E-state index is 13.9. The molecule has 2 aliphatic rings. The van der Waals surface area contributed by atoms with E-state index in [1.165, 1.54) is 16.8 Å². The summed E-state index contributed by atoms with van der Waals surface area (Å²) in [4.78, 5) is 21.2. The predicted octanol–water partition coefficient (Wildman–Crippen LogP) is 6.52. The number of anilines is 1. The van der Waals surface area contributed by atoms with Gasteiger partial charge in [-0.2, -0.15) is 0 Å². The molecule has 0 bridgehead atoms. The highest BCUT2D eigenvalue weighted by molar-refractivity contribution is 5.83. The minimum absolute atomic E-state index is 0.110. The second-order valence-electron chi connectivity index (χ2n) is 13.1. The number of piperazine rings is 1. The van der Waals surface area contributed by atoms with Crippen molar-refractivity contribution in [2.45, 2.75) is 98.0 Å². The van der Waals surface area contributed by atoms with Crippen molar-refractivity contribution in [2.75, 3.05) is 37.6 Å². The second kappa shape index (κ2) is 15.6.